The number of phenols is 1. The standard InChI is InChI=1S/C28H44BrN3O2/c1-9-11-20(12-10-2)13-14-31-15-16-32(26(31)30-29)19-24(33)21-17-22(27(3,4)5)25(34)23(18-21)28(6,7)8/h15-18,20,34H,9-14,19H2,1-8H3/b30-26-. The molecule has 2 rings (SSSR count). The summed E-state index contributed by atoms with van der Waals surface area (Å²) in [5.74, 6) is 1.02. The third-order valence-corrected chi connectivity index (χ3v) is 6.87. The highest BCUT2D eigenvalue weighted by Crippen LogP contribution is 2.39. The van der Waals surface area contributed by atoms with Gasteiger partial charge in [0.25, 0.3) is 0 Å². The van der Waals surface area contributed by atoms with Crippen LogP contribution in [0.3, 0.4) is 0 Å². The Morgan fingerprint density at radius 3 is 1.88 bits per heavy atom. The van der Waals surface area contributed by atoms with Crippen molar-refractivity contribution in [3.05, 3.63) is 46.8 Å². The molecule has 0 spiro atoms. The number of hydrogen-bond donors (Lipinski definition) is 1. The van der Waals surface area contributed by atoms with Crippen molar-refractivity contribution < 1.29 is 9.90 Å². The Morgan fingerprint density at radius 1 is 0.941 bits per heavy atom. The number of imidazole rings is 1. The van der Waals surface area contributed by atoms with E-state index in [1.807, 2.05) is 29.1 Å². The second-order valence-corrected chi connectivity index (χ2v) is 11.9. The van der Waals surface area contributed by atoms with Gasteiger partial charge in [-0.25, -0.2) is 0 Å². The lowest BCUT2D eigenvalue weighted by atomic mass is 9.78. The van der Waals surface area contributed by atoms with Gasteiger partial charge in [-0.05, 0) is 35.3 Å². The van der Waals surface area contributed by atoms with Crippen LogP contribution in [-0.4, -0.2) is 20.0 Å². The number of hydrogen-bond acceptors (Lipinski definition) is 3. The van der Waals surface area contributed by atoms with Crippen LogP contribution in [-0.2, 0) is 23.9 Å². The van der Waals surface area contributed by atoms with Crippen molar-refractivity contribution in [2.24, 2.45) is 9.94 Å². The summed E-state index contributed by atoms with van der Waals surface area (Å²) in [6.45, 7) is 17.9. The van der Waals surface area contributed by atoms with Crippen molar-refractivity contribution in [3.63, 3.8) is 0 Å². The maximum Gasteiger partial charge on any atom is 0.217 e. The number of aryl methyl sites for hydroxylation is 1. The van der Waals surface area contributed by atoms with Crippen LogP contribution < -0.4 is 5.62 Å². The van der Waals surface area contributed by atoms with Crippen molar-refractivity contribution in [1.29, 1.82) is 0 Å². The topological polar surface area (TPSA) is 59.5 Å². The van der Waals surface area contributed by atoms with Crippen LogP contribution in [0.4, 0.5) is 0 Å². The number of Topliss-reactive ketones (excluding diaryl/α,β-unsaturated/α-hetero) is 1. The molecule has 2 aromatic rings. The van der Waals surface area contributed by atoms with E-state index < -0.39 is 0 Å². The van der Waals surface area contributed by atoms with Gasteiger partial charge < -0.3 is 14.2 Å². The second-order valence-electron chi connectivity index (χ2n) is 11.6. The van der Waals surface area contributed by atoms with E-state index in [-0.39, 0.29) is 23.2 Å². The van der Waals surface area contributed by atoms with E-state index in [1.54, 1.807) is 0 Å². The highest BCUT2D eigenvalue weighted by molar-refractivity contribution is 9.08. The Morgan fingerprint density at radius 2 is 1.44 bits per heavy atom. The lowest BCUT2D eigenvalue weighted by Gasteiger charge is -2.28. The van der Waals surface area contributed by atoms with Gasteiger partial charge in [0.05, 0.1) is 22.7 Å². The van der Waals surface area contributed by atoms with E-state index in [0.717, 1.165) is 35.6 Å². The molecule has 0 saturated heterocycles. The second kappa shape index (κ2) is 11.7. The largest absolute Gasteiger partial charge is 0.507 e. The van der Waals surface area contributed by atoms with Crippen LogP contribution in [0.15, 0.2) is 28.5 Å². The van der Waals surface area contributed by atoms with E-state index in [1.165, 1.54) is 25.7 Å². The normalized spacial score (nSPS) is 13.2. The van der Waals surface area contributed by atoms with Crippen molar-refractivity contribution in [1.82, 2.24) is 9.13 Å². The molecule has 0 bridgehead atoms. The van der Waals surface area contributed by atoms with Gasteiger partial charge in [0.2, 0.25) is 5.62 Å². The number of aromatic nitrogens is 2. The first-order chi connectivity index (χ1) is 15.8. The monoisotopic (exact) mass is 533 g/mol. The van der Waals surface area contributed by atoms with E-state index >= 15 is 0 Å². The minimum absolute atomic E-state index is 0.00555. The van der Waals surface area contributed by atoms with Crippen molar-refractivity contribution in [3.8, 4) is 5.75 Å². The minimum atomic E-state index is -0.277. The van der Waals surface area contributed by atoms with Gasteiger partial charge in [-0.3, -0.25) is 4.79 Å². The maximum absolute atomic E-state index is 13.4. The van der Waals surface area contributed by atoms with Crippen LogP contribution in [0.1, 0.15) is 109 Å². The number of carbonyl (C=O) groups excluding carboxylic acids is 1. The van der Waals surface area contributed by atoms with E-state index in [2.05, 4.69) is 80.1 Å². The Kier molecular flexibility index (Phi) is 9.81. The SMILES string of the molecule is CCCC(CCC)CCn1ccn(CC(=O)c2cc(C(C)(C)C)c(O)c(C(C)(C)C)c2)/c1=N\Br. The molecule has 0 unspecified atom stereocenters. The molecule has 1 N–H and O–H groups in total. The van der Waals surface area contributed by atoms with Gasteiger partial charge >= 0.3 is 0 Å². The summed E-state index contributed by atoms with van der Waals surface area (Å²) in [4.78, 5) is 13.4. The lowest BCUT2D eigenvalue weighted by molar-refractivity contribution is 0.0970. The molecule has 1 heterocycles. The molecular weight excluding hydrogens is 490 g/mol. The number of rotatable bonds is 10. The molecule has 0 atom stereocenters. The molecule has 34 heavy (non-hydrogen) atoms. The summed E-state index contributed by atoms with van der Waals surface area (Å²) in [7, 11) is 0. The van der Waals surface area contributed by atoms with Gasteiger partial charge in [-0.2, -0.15) is 4.02 Å². The third kappa shape index (κ3) is 7.10. The zero-order valence-corrected chi connectivity index (χ0v) is 24.0. The van der Waals surface area contributed by atoms with Crippen LogP contribution in [0.25, 0.3) is 0 Å². The molecule has 0 saturated carbocycles. The van der Waals surface area contributed by atoms with Crippen molar-refractivity contribution in [2.75, 3.05) is 0 Å². The predicted molar refractivity (Wildman–Crippen MR) is 145 cm³/mol. The van der Waals surface area contributed by atoms with Crippen molar-refractivity contribution >= 4 is 21.9 Å². The highest BCUT2D eigenvalue weighted by atomic mass is 79.9. The first-order valence-electron chi connectivity index (χ1n) is 12.6. The summed E-state index contributed by atoms with van der Waals surface area (Å²) in [5, 5.41) is 11.0. The number of halogens is 1. The van der Waals surface area contributed by atoms with Crippen LogP contribution in [0.5, 0.6) is 5.75 Å². The summed E-state index contributed by atoms with van der Waals surface area (Å²) in [5.41, 5.74) is 2.41. The molecule has 0 aliphatic carbocycles. The molecule has 0 amide bonds. The lowest BCUT2D eigenvalue weighted by Crippen LogP contribution is -2.28. The molecule has 1 aromatic heterocycles. The van der Waals surface area contributed by atoms with Crippen LogP contribution in [0, 0.1) is 5.92 Å². The van der Waals surface area contributed by atoms with Crippen LogP contribution in [0.2, 0.25) is 0 Å². The first-order valence-corrected chi connectivity index (χ1v) is 13.4. The summed E-state index contributed by atoms with van der Waals surface area (Å²) >= 11 is 3.28. The van der Waals surface area contributed by atoms with E-state index in [4.69, 9.17) is 0 Å². The van der Waals surface area contributed by atoms with Gasteiger partial charge in [0.1, 0.15) is 5.75 Å². The number of carbonyl (C=O) groups is 1. The Labute approximate surface area is 214 Å². The molecule has 5 nitrogen and oxygen atoms in total. The fraction of sp³-hybridized carbons (Fsp3) is 0.643. The minimum Gasteiger partial charge on any atom is -0.507 e. The molecule has 190 valence electrons. The summed E-state index contributed by atoms with van der Waals surface area (Å²) < 4.78 is 8.34. The van der Waals surface area contributed by atoms with Gasteiger partial charge in [0, 0.05) is 35.6 Å². The molecular formula is C28H44BrN3O2. The molecule has 0 radical (unpaired) electrons. The van der Waals surface area contributed by atoms with E-state index in [9.17, 15) is 9.90 Å². The fourth-order valence-corrected chi connectivity index (χ4v) is 5.02. The molecule has 0 fully saturated rings. The Hall–Kier alpha value is -1.82. The van der Waals surface area contributed by atoms with Gasteiger partial charge in [-0.1, -0.05) is 81.1 Å². The van der Waals surface area contributed by atoms with Crippen LogP contribution >= 0.6 is 16.1 Å². The van der Waals surface area contributed by atoms with Crippen molar-refractivity contribution in [2.45, 2.75) is 111 Å². The number of benzene rings is 1. The number of nitrogens with zero attached hydrogens (tertiary/aromatic N) is 3. The molecule has 0 aliphatic heterocycles. The molecule has 0 aliphatic rings. The number of ketones is 1. The Balaban J connectivity index is 2.34. The zero-order valence-electron chi connectivity index (χ0n) is 22.4. The molecule has 1 aromatic carbocycles. The number of aromatic hydroxyl groups is 1. The quantitative estimate of drug-likeness (QED) is 0.326. The Bertz CT molecular complexity index is 994. The third-order valence-electron chi connectivity index (χ3n) is 6.55. The zero-order chi connectivity index (χ0) is 25.7. The molecule has 6 heteroatoms. The summed E-state index contributed by atoms with van der Waals surface area (Å²) in [6.07, 6.45) is 9.98. The summed E-state index contributed by atoms with van der Waals surface area (Å²) in [6, 6.07) is 3.71. The fourth-order valence-electron chi connectivity index (χ4n) is 4.61. The highest BCUT2D eigenvalue weighted by Gasteiger charge is 2.28. The first kappa shape index (κ1) is 28.4. The number of phenolic OH excluding ortho intramolecular Hbond substituents is 1. The smallest absolute Gasteiger partial charge is 0.217 e. The average molecular weight is 535 g/mol. The average Bonchev–Trinajstić information content (AvgIpc) is 3.12. The predicted octanol–water partition coefficient (Wildman–Crippen LogP) is 7.29. The van der Waals surface area contributed by atoms with Gasteiger partial charge in [-0.15, -0.1) is 0 Å². The van der Waals surface area contributed by atoms with E-state index in [0.29, 0.717) is 11.3 Å². The maximum atomic E-state index is 13.4. The van der Waals surface area contributed by atoms with Gasteiger partial charge in [0.15, 0.2) is 5.78 Å².